The van der Waals surface area contributed by atoms with Gasteiger partial charge in [0.2, 0.25) is 11.8 Å². The van der Waals surface area contributed by atoms with Crippen LogP contribution in [0.2, 0.25) is 0 Å². The molecule has 8 heteroatoms. The average Bonchev–Trinajstić information content (AvgIpc) is 3.04. The van der Waals surface area contributed by atoms with Gasteiger partial charge in [-0.15, -0.1) is 11.3 Å². The number of fused-ring (bicyclic) bond motifs is 3. The Morgan fingerprint density at radius 3 is 2.70 bits per heavy atom. The number of piperazine rings is 1. The highest BCUT2D eigenvalue weighted by molar-refractivity contribution is 8.00. The first-order chi connectivity index (χ1) is 13.0. The summed E-state index contributed by atoms with van der Waals surface area (Å²) in [5.74, 6) is 1.31. The van der Waals surface area contributed by atoms with Gasteiger partial charge in [0.15, 0.2) is 0 Å². The number of carbonyl (C=O) groups is 2. The second kappa shape index (κ2) is 7.75. The number of aromatic nitrogens is 2. The number of carbonyl (C=O) groups excluding carboxylic acids is 2. The molecule has 1 saturated heterocycles. The molecule has 1 aliphatic heterocycles. The molecule has 27 heavy (non-hydrogen) atoms. The summed E-state index contributed by atoms with van der Waals surface area (Å²) in [7, 11) is 0. The molecule has 1 aliphatic carbocycles. The number of nitrogens with zero attached hydrogens (tertiary/aromatic N) is 4. The molecule has 0 N–H and O–H groups in total. The van der Waals surface area contributed by atoms with Crippen molar-refractivity contribution in [1.29, 1.82) is 0 Å². The minimum atomic E-state index is 0.0800. The fourth-order valence-electron chi connectivity index (χ4n) is 3.85. The van der Waals surface area contributed by atoms with Gasteiger partial charge in [-0.05, 0) is 30.7 Å². The number of rotatable bonds is 3. The van der Waals surface area contributed by atoms with Crippen LogP contribution in [0.1, 0.15) is 30.7 Å². The Hall–Kier alpha value is -1.67. The lowest BCUT2D eigenvalue weighted by Gasteiger charge is -2.34. The molecule has 0 bridgehead atoms. The van der Waals surface area contributed by atoms with Gasteiger partial charge < -0.3 is 9.80 Å². The molecule has 4 rings (SSSR count). The van der Waals surface area contributed by atoms with Crippen molar-refractivity contribution in [2.45, 2.75) is 38.1 Å². The number of thioether (sulfide) groups is 1. The highest BCUT2D eigenvalue weighted by atomic mass is 32.2. The van der Waals surface area contributed by atoms with Crippen LogP contribution in [0.25, 0.3) is 10.2 Å². The van der Waals surface area contributed by atoms with Gasteiger partial charge in [0.1, 0.15) is 16.2 Å². The third-order valence-corrected chi connectivity index (χ3v) is 7.60. The van der Waals surface area contributed by atoms with Crippen LogP contribution in [0.5, 0.6) is 0 Å². The molecular weight excluding hydrogens is 380 g/mol. The molecule has 2 aromatic rings. The van der Waals surface area contributed by atoms with E-state index in [1.807, 2.05) is 4.90 Å². The standard InChI is InChI=1S/C19H24N4O2S2/c1-12-3-4-14-15(9-12)27-19-17(14)18(20-11-21-19)26-10-16(25)23-7-5-22(6-8-23)13(2)24/h11-12H,3-10H2,1-2H3/t12-/m0/s1. The van der Waals surface area contributed by atoms with Crippen molar-refractivity contribution in [1.82, 2.24) is 19.8 Å². The minimum absolute atomic E-state index is 0.0800. The van der Waals surface area contributed by atoms with Crippen LogP contribution in [0, 0.1) is 5.92 Å². The van der Waals surface area contributed by atoms with E-state index in [4.69, 9.17) is 0 Å². The van der Waals surface area contributed by atoms with E-state index in [1.54, 1.807) is 29.5 Å². The molecule has 0 spiro atoms. The van der Waals surface area contributed by atoms with E-state index in [1.165, 1.54) is 34.0 Å². The number of hydrogen-bond acceptors (Lipinski definition) is 6. The summed E-state index contributed by atoms with van der Waals surface area (Å²) in [6.45, 7) is 6.36. The molecular formula is C19H24N4O2S2. The summed E-state index contributed by atoms with van der Waals surface area (Å²) >= 11 is 3.31. The molecule has 2 amide bonds. The zero-order valence-corrected chi connectivity index (χ0v) is 17.4. The van der Waals surface area contributed by atoms with Crippen LogP contribution in [0.15, 0.2) is 11.4 Å². The van der Waals surface area contributed by atoms with Crippen LogP contribution >= 0.6 is 23.1 Å². The molecule has 0 unspecified atom stereocenters. The van der Waals surface area contributed by atoms with Gasteiger partial charge >= 0.3 is 0 Å². The monoisotopic (exact) mass is 404 g/mol. The van der Waals surface area contributed by atoms with Crippen molar-refractivity contribution < 1.29 is 9.59 Å². The van der Waals surface area contributed by atoms with E-state index >= 15 is 0 Å². The maximum absolute atomic E-state index is 12.6. The number of aryl methyl sites for hydroxylation is 1. The van der Waals surface area contributed by atoms with E-state index in [2.05, 4.69) is 16.9 Å². The number of hydrogen-bond donors (Lipinski definition) is 0. The van der Waals surface area contributed by atoms with E-state index in [9.17, 15) is 9.59 Å². The predicted octanol–water partition coefficient (Wildman–Crippen LogP) is 2.60. The smallest absolute Gasteiger partial charge is 0.233 e. The third kappa shape index (κ3) is 3.82. The number of amides is 2. The van der Waals surface area contributed by atoms with Gasteiger partial charge in [0.25, 0.3) is 0 Å². The summed E-state index contributed by atoms with van der Waals surface area (Å²) in [5, 5.41) is 2.10. The van der Waals surface area contributed by atoms with Gasteiger partial charge in [-0.25, -0.2) is 9.97 Å². The van der Waals surface area contributed by atoms with Gasteiger partial charge in [-0.2, -0.15) is 0 Å². The molecule has 2 aliphatic rings. The summed E-state index contributed by atoms with van der Waals surface area (Å²) < 4.78 is 0. The highest BCUT2D eigenvalue weighted by Gasteiger charge is 2.25. The maximum atomic E-state index is 12.6. The second-order valence-corrected chi connectivity index (χ2v) is 9.43. The zero-order chi connectivity index (χ0) is 19.0. The van der Waals surface area contributed by atoms with Crippen molar-refractivity contribution in [3.8, 4) is 0 Å². The molecule has 3 heterocycles. The number of thiophene rings is 1. The third-order valence-electron chi connectivity index (χ3n) is 5.47. The van der Waals surface area contributed by atoms with Crippen LogP contribution in [0.4, 0.5) is 0 Å². The average molecular weight is 405 g/mol. The largest absolute Gasteiger partial charge is 0.339 e. The lowest BCUT2D eigenvalue weighted by Crippen LogP contribution is -2.50. The van der Waals surface area contributed by atoms with Crippen molar-refractivity contribution >= 4 is 45.1 Å². The lowest BCUT2D eigenvalue weighted by atomic mass is 9.89. The summed E-state index contributed by atoms with van der Waals surface area (Å²) in [5.41, 5.74) is 1.40. The lowest BCUT2D eigenvalue weighted by molar-refractivity contribution is -0.136. The minimum Gasteiger partial charge on any atom is -0.339 e. The molecule has 1 atom stereocenters. The Labute approximate surface area is 167 Å². The molecule has 0 saturated carbocycles. The van der Waals surface area contributed by atoms with Crippen molar-refractivity contribution in [3.05, 3.63) is 16.8 Å². The second-order valence-electron chi connectivity index (χ2n) is 7.39. The Balaban J connectivity index is 1.45. The molecule has 144 valence electrons. The van der Waals surface area contributed by atoms with E-state index in [0.717, 1.165) is 28.6 Å². The van der Waals surface area contributed by atoms with E-state index in [0.29, 0.717) is 31.9 Å². The molecule has 0 aromatic carbocycles. The first kappa shape index (κ1) is 18.7. The van der Waals surface area contributed by atoms with E-state index in [-0.39, 0.29) is 11.8 Å². The van der Waals surface area contributed by atoms with Gasteiger partial charge in [0, 0.05) is 43.4 Å². The first-order valence-electron chi connectivity index (χ1n) is 9.44. The summed E-state index contributed by atoms with van der Waals surface area (Å²) in [6, 6.07) is 0. The van der Waals surface area contributed by atoms with Crippen molar-refractivity contribution in [2.24, 2.45) is 5.92 Å². The zero-order valence-electron chi connectivity index (χ0n) is 15.7. The van der Waals surface area contributed by atoms with E-state index < -0.39 is 0 Å². The Kier molecular flexibility index (Phi) is 5.36. The van der Waals surface area contributed by atoms with Gasteiger partial charge in [-0.3, -0.25) is 9.59 Å². The van der Waals surface area contributed by atoms with Crippen LogP contribution in [0.3, 0.4) is 0 Å². The van der Waals surface area contributed by atoms with Gasteiger partial charge in [-0.1, -0.05) is 18.7 Å². The quantitative estimate of drug-likeness (QED) is 0.581. The Morgan fingerprint density at radius 1 is 1.22 bits per heavy atom. The topological polar surface area (TPSA) is 66.4 Å². The van der Waals surface area contributed by atoms with Crippen LogP contribution < -0.4 is 0 Å². The first-order valence-corrected chi connectivity index (χ1v) is 11.2. The summed E-state index contributed by atoms with van der Waals surface area (Å²) in [6.07, 6.45) is 5.03. The predicted molar refractivity (Wildman–Crippen MR) is 108 cm³/mol. The van der Waals surface area contributed by atoms with Crippen LogP contribution in [-0.2, 0) is 22.4 Å². The molecule has 6 nitrogen and oxygen atoms in total. The Bertz CT molecular complexity index is 874. The van der Waals surface area contributed by atoms with Crippen LogP contribution in [-0.4, -0.2) is 63.5 Å². The molecule has 2 aromatic heterocycles. The molecule has 1 fully saturated rings. The fourth-order valence-corrected chi connectivity index (χ4v) is 6.19. The fraction of sp³-hybridized carbons (Fsp3) is 0.579. The maximum Gasteiger partial charge on any atom is 0.233 e. The highest BCUT2D eigenvalue weighted by Crippen LogP contribution is 2.40. The molecule has 0 radical (unpaired) electrons. The summed E-state index contributed by atoms with van der Waals surface area (Å²) in [4.78, 5) is 39.2. The SMILES string of the molecule is CC(=O)N1CCN(C(=O)CSc2ncnc3sc4c(c23)CC[C@H](C)C4)CC1. The Morgan fingerprint density at radius 2 is 1.96 bits per heavy atom. The normalized spacial score (nSPS) is 20.0. The van der Waals surface area contributed by atoms with Crippen molar-refractivity contribution in [2.75, 3.05) is 31.9 Å². The van der Waals surface area contributed by atoms with Gasteiger partial charge in [0.05, 0.1) is 5.75 Å². The van der Waals surface area contributed by atoms with Crippen molar-refractivity contribution in [3.63, 3.8) is 0 Å².